The molecule has 0 aliphatic carbocycles. The van der Waals surface area contributed by atoms with Crippen LogP contribution in [-0.4, -0.2) is 64.1 Å². The summed E-state index contributed by atoms with van der Waals surface area (Å²) in [7, 11) is 0. The molecule has 2 fully saturated rings. The summed E-state index contributed by atoms with van der Waals surface area (Å²) in [6.45, 7) is 12.3. The second-order valence-corrected chi connectivity index (χ2v) is 8.10. The fourth-order valence-corrected chi connectivity index (χ4v) is 4.08. The molecule has 2 bridgehead atoms. The van der Waals surface area contributed by atoms with Crippen molar-refractivity contribution in [1.29, 1.82) is 0 Å². The van der Waals surface area contributed by atoms with E-state index >= 15 is 0 Å². The molecule has 126 valence electrons. The highest BCUT2D eigenvalue weighted by Gasteiger charge is 2.43. The third-order valence-electron chi connectivity index (χ3n) is 3.92. The van der Waals surface area contributed by atoms with Gasteiger partial charge >= 0.3 is 6.09 Å². The van der Waals surface area contributed by atoms with Gasteiger partial charge in [0, 0.05) is 31.7 Å². The molecule has 2 heterocycles. The molecule has 1 amide bonds. The predicted molar refractivity (Wildman–Crippen MR) is 92.6 cm³/mol. The molecule has 22 heavy (non-hydrogen) atoms. The van der Waals surface area contributed by atoms with Crippen molar-refractivity contribution in [2.24, 2.45) is 4.99 Å². The quantitative estimate of drug-likeness (QED) is 0.577. The Bertz CT molecular complexity index is 420. The zero-order valence-electron chi connectivity index (χ0n) is 14.5. The van der Waals surface area contributed by atoms with Crippen LogP contribution in [0.25, 0.3) is 0 Å². The largest absolute Gasteiger partial charge is 0.444 e. The Hall–Kier alpha value is -0.910. The van der Waals surface area contributed by atoms with Crippen molar-refractivity contribution in [3.63, 3.8) is 0 Å². The van der Waals surface area contributed by atoms with Gasteiger partial charge in [-0.3, -0.25) is 4.99 Å². The summed E-state index contributed by atoms with van der Waals surface area (Å²) >= 11 is 1.82. The Morgan fingerprint density at radius 3 is 2.27 bits per heavy atom. The van der Waals surface area contributed by atoms with Gasteiger partial charge in [-0.1, -0.05) is 18.7 Å². The molecule has 0 spiro atoms. The van der Waals surface area contributed by atoms with Crippen LogP contribution in [0.4, 0.5) is 4.79 Å². The lowest BCUT2D eigenvalue weighted by molar-refractivity contribution is 0.0111. The van der Waals surface area contributed by atoms with Crippen LogP contribution in [0.1, 0.15) is 47.5 Å². The Balaban J connectivity index is 2.05. The summed E-state index contributed by atoms with van der Waals surface area (Å²) in [6.07, 6.45) is 2.09. The number of nitrogens with zero attached hydrogens (tertiary/aromatic N) is 3. The van der Waals surface area contributed by atoms with E-state index in [1.165, 1.54) is 0 Å². The summed E-state index contributed by atoms with van der Waals surface area (Å²) < 4.78 is 5.53. The SMILES string of the molecule is CCN=C(SCC)N1C2CCC1CN(C(=O)OC(C)(C)C)C2. The van der Waals surface area contributed by atoms with Crippen molar-refractivity contribution < 1.29 is 9.53 Å². The molecule has 0 radical (unpaired) electrons. The second-order valence-electron chi connectivity index (χ2n) is 6.87. The third kappa shape index (κ3) is 4.09. The van der Waals surface area contributed by atoms with Gasteiger partial charge < -0.3 is 14.5 Å². The number of amides is 1. The Labute approximate surface area is 138 Å². The van der Waals surface area contributed by atoms with Crippen LogP contribution in [-0.2, 0) is 4.74 Å². The number of rotatable bonds is 2. The second kappa shape index (κ2) is 7.11. The van der Waals surface area contributed by atoms with Crippen LogP contribution >= 0.6 is 11.8 Å². The minimum Gasteiger partial charge on any atom is -0.444 e. The van der Waals surface area contributed by atoms with Crippen molar-refractivity contribution >= 4 is 23.0 Å². The molecule has 0 aromatic carbocycles. The summed E-state index contributed by atoms with van der Waals surface area (Å²) in [5.41, 5.74) is -0.430. The molecule has 6 heteroatoms. The van der Waals surface area contributed by atoms with Crippen LogP contribution in [0.2, 0.25) is 0 Å². The number of ether oxygens (including phenoxy) is 1. The average Bonchev–Trinajstić information content (AvgIpc) is 2.66. The summed E-state index contributed by atoms with van der Waals surface area (Å²) in [6, 6.07) is 0.770. The highest BCUT2D eigenvalue weighted by Crippen LogP contribution is 2.33. The maximum Gasteiger partial charge on any atom is 0.410 e. The fourth-order valence-electron chi connectivity index (χ4n) is 3.16. The van der Waals surface area contributed by atoms with Crippen LogP contribution in [0.15, 0.2) is 4.99 Å². The minimum absolute atomic E-state index is 0.179. The van der Waals surface area contributed by atoms with Crippen molar-refractivity contribution in [2.75, 3.05) is 25.4 Å². The molecule has 0 aromatic rings. The molecule has 2 aliphatic rings. The van der Waals surface area contributed by atoms with Gasteiger partial charge in [-0.05, 0) is 46.3 Å². The van der Waals surface area contributed by atoms with E-state index in [-0.39, 0.29) is 6.09 Å². The number of piperazine rings is 1. The number of aliphatic imine (C=N–C) groups is 1. The smallest absolute Gasteiger partial charge is 0.410 e. The van der Waals surface area contributed by atoms with Gasteiger partial charge in [-0.2, -0.15) is 0 Å². The number of carbonyl (C=O) groups is 1. The summed E-state index contributed by atoms with van der Waals surface area (Å²) in [5, 5.41) is 1.15. The zero-order valence-corrected chi connectivity index (χ0v) is 15.3. The molecule has 0 N–H and O–H groups in total. The highest BCUT2D eigenvalue weighted by molar-refractivity contribution is 8.13. The van der Waals surface area contributed by atoms with E-state index in [4.69, 9.17) is 4.74 Å². The lowest BCUT2D eigenvalue weighted by atomic mass is 10.2. The molecular weight excluding hydrogens is 298 g/mol. The van der Waals surface area contributed by atoms with Gasteiger partial charge in [0.1, 0.15) is 5.60 Å². The molecule has 2 aliphatic heterocycles. The van der Waals surface area contributed by atoms with E-state index in [1.54, 1.807) is 0 Å². The number of thioether (sulfide) groups is 1. The lowest BCUT2D eigenvalue weighted by Gasteiger charge is -2.42. The normalized spacial score (nSPS) is 25.6. The first-order valence-corrected chi connectivity index (χ1v) is 9.27. The summed E-state index contributed by atoms with van der Waals surface area (Å²) in [4.78, 5) is 21.3. The maximum absolute atomic E-state index is 12.3. The number of hydrogen-bond donors (Lipinski definition) is 0. The monoisotopic (exact) mass is 327 g/mol. The number of likely N-dealkylation sites (tertiary alicyclic amines) is 1. The Kier molecular flexibility index (Phi) is 5.64. The topological polar surface area (TPSA) is 45.1 Å². The van der Waals surface area contributed by atoms with Gasteiger partial charge in [-0.25, -0.2) is 4.79 Å². The Morgan fingerprint density at radius 2 is 1.82 bits per heavy atom. The molecule has 0 aromatic heterocycles. The number of hydrogen-bond acceptors (Lipinski definition) is 4. The first-order valence-electron chi connectivity index (χ1n) is 8.29. The van der Waals surface area contributed by atoms with Crippen LogP contribution < -0.4 is 0 Å². The predicted octanol–water partition coefficient (Wildman–Crippen LogP) is 3.20. The van der Waals surface area contributed by atoms with E-state index in [0.717, 1.165) is 43.4 Å². The maximum atomic E-state index is 12.3. The van der Waals surface area contributed by atoms with Crippen LogP contribution in [0.5, 0.6) is 0 Å². The van der Waals surface area contributed by atoms with Crippen molar-refractivity contribution in [3.05, 3.63) is 0 Å². The van der Waals surface area contributed by atoms with E-state index in [0.29, 0.717) is 12.1 Å². The molecule has 2 rings (SSSR count). The molecule has 2 atom stereocenters. The molecule has 5 nitrogen and oxygen atoms in total. The van der Waals surface area contributed by atoms with Gasteiger partial charge in [0.15, 0.2) is 5.17 Å². The Morgan fingerprint density at radius 1 is 1.23 bits per heavy atom. The fraction of sp³-hybridized carbons (Fsp3) is 0.875. The zero-order chi connectivity index (χ0) is 16.3. The molecule has 2 saturated heterocycles. The molecular formula is C16H29N3O2S. The average molecular weight is 327 g/mol. The third-order valence-corrected chi connectivity index (χ3v) is 4.81. The van der Waals surface area contributed by atoms with Gasteiger partial charge in [0.05, 0.1) is 0 Å². The number of amidine groups is 1. The number of carbonyl (C=O) groups excluding carboxylic acids is 1. The van der Waals surface area contributed by atoms with E-state index in [2.05, 4.69) is 23.7 Å². The van der Waals surface area contributed by atoms with E-state index in [9.17, 15) is 4.79 Å². The highest BCUT2D eigenvalue weighted by atomic mass is 32.2. The first-order chi connectivity index (χ1) is 10.4. The van der Waals surface area contributed by atoms with Crippen molar-refractivity contribution in [1.82, 2.24) is 9.80 Å². The van der Waals surface area contributed by atoms with Crippen LogP contribution in [0, 0.1) is 0 Å². The van der Waals surface area contributed by atoms with Gasteiger partial charge in [0.2, 0.25) is 0 Å². The standard InChI is InChI=1S/C16H29N3O2S/c1-6-17-14(22-7-2)19-12-8-9-13(19)11-18(10-12)15(20)21-16(3,4)5/h12-13H,6-11H2,1-5H3. The van der Waals surface area contributed by atoms with Crippen LogP contribution in [0.3, 0.4) is 0 Å². The minimum atomic E-state index is -0.430. The van der Waals surface area contributed by atoms with E-state index in [1.807, 2.05) is 37.4 Å². The number of fused-ring (bicyclic) bond motifs is 2. The summed E-state index contributed by atoms with van der Waals surface area (Å²) in [5.74, 6) is 1.03. The van der Waals surface area contributed by atoms with E-state index < -0.39 is 5.60 Å². The van der Waals surface area contributed by atoms with Crippen molar-refractivity contribution in [2.45, 2.75) is 65.1 Å². The lowest BCUT2D eigenvalue weighted by Crippen LogP contribution is -2.57. The molecule has 2 unspecified atom stereocenters. The van der Waals surface area contributed by atoms with Crippen molar-refractivity contribution in [3.8, 4) is 0 Å². The van der Waals surface area contributed by atoms with Gasteiger partial charge in [-0.15, -0.1) is 0 Å². The first kappa shape index (κ1) is 17.4. The molecule has 0 saturated carbocycles. The van der Waals surface area contributed by atoms with Gasteiger partial charge in [0.25, 0.3) is 0 Å².